The molecule has 9 heteroatoms. The number of carbonyl (C=O) groups excluding carboxylic acids is 3. The zero-order valence-electron chi connectivity index (χ0n) is 15.2. The van der Waals surface area contributed by atoms with E-state index in [2.05, 4.69) is 10.6 Å². The van der Waals surface area contributed by atoms with E-state index in [4.69, 9.17) is 11.6 Å². The normalized spacial score (nSPS) is 15.4. The van der Waals surface area contributed by atoms with Crippen molar-refractivity contribution in [1.82, 2.24) is 4.90 Å². The Morgan fingerprint density at radius 2 is 1.93 bits per heavy atom. The first-order chi connectivity index (χ1) is 13.3. The number of nitrogens with one attached hydrogen (secondary N) is 2. The van der Waals surface area contributed by atoms with Crippen molar-refractivity contribution in [3.8, 4) is 0 Å². The second-order valence-corrected chi connectivity index (χ2v) is 8.98. The summed E-state index contributed by atoms with van der Waals surface area (Å²) in [5.74, 6) is -0.473. The molecule has 0 spiro atoms. The molecule has 0 aromatic heterocycles. The van der Waals surface area contributed by atoms with Gasteiger partial charge in [-0.25, -0.2) is 0 Å². The summed E-state index contributed by atoms with van der Waals surface area (Å²) in [6.45, 7) is 0. The quantitative estimate of drug-likeness (QED) is 0.688. The maximum atomic E-state index is 12.4. The Hall–Kier alpha value is -2.16. The van der Waals surface area contributed by atoms with Gasteiger partial charge in [-0.15, -0.1) is 11.8 Å². The molecular formula is C19H18ClN3O3S2. The van der Waals surface area contributed by atoms with E-state index < -0.39 is 5.25 Å². The number of hydrogen-bond donors (Lipinski definition) is 2. The molecule has 2 aromatic rings. The lowest BCUT2D eigenvalue weighted by molar-refractivity contribution is -0.120. The highest BCUT2D eigenvalue weighted by Crippen LogP contribution is 2.38. The number of benzene rings is 2. The first kappa shape index (κ1) is 20.6. The number of hydrogen-bond acceptors (Lipinski definition) is 5. The van der Waals surface area contributed by atoms with Gasteiger partial charge in [-0.1, -0.05) is 11.6 Å². The molecule has 28 heavy (non-hydrogen) atoms. The fraction of sp³-hybridized carbons (Fsp3) is 0.211. The molecule has 2 N–H and O–H groups in total. The minimum absolute atomic E-state index is 0.0498. The highest BCUT2D eigenvalue weighted by Gasteiger charge is 2.29. The van der Waals surface area contributed by atoms with E-state index in [1.165, 1.54) is 16.7 Å². The van der Waals surface area contributed by atoms with E-state index >= 15 is 0 Å². The van der Waals surface area contributed by atoms with Crippen LogP contribution >= 0.6 is 35.1 Å². The van der Waals surface area contributed by atoms with E-state index in [-0.39, 0.29) is 23.5 Å². The van der Waals surface area contributed by atoms with E-state index in [1.54, 1.807) is 50.5 Å². The molecule has 146 valence electrons. The van der Waals surface area contributed by atoms with E-state index in [9.17, 15) is 14.4 Å². The molecule has 1 aliphatic rings. The molecule has 0 fully saturated rings. The van der Waals surface area contributed by atoms with E-state index in [1.807, 2.05) is 6.07 Å². The Kier molecular flexibility index (Phi) is 6.53. The minimum Gasteiger partial charge on any atom is -0.339 e. The number of nitrogens with zero attached hydrogens (tertiary/aromatic N) is 1. The summed E-state index contributed by atoms with van der Waals surface area (Å²) in [5, 5.41) is 5.54. The molecule has 0 saturated heterocycles. The van der Waals surface area contributed by atoms with Gasteiger partial charge >= 0.3 is 0 Å². The van der Waals surface area contributed by atoms with Gasteiger partial charge in [-0.2, -0.15) is 0 Å². The molecule has 1 aliphatic heterocycles. The Morgan fingerprint density at radius 1 is 1.21 bits per heavy atom. The van der Waals surface area contributed by atoms with Gasteiger partial charge < -0.3 is 15.5 Å². The first-order valence-electron chi connectivity index (χ1n) is 8.38. The SMILES string of the molecule is CN(C)C(=O)Sc1ccc(NC(=O)CC2Sc3ccc(Cl)cc3NC2=O)cc1. The highest BCUT2D eigenvalue weighted by molar-refractivity contribution is 8.13. The molecule has 6 nitrogen and oxygen atoms in total. The monoisotopic (exact) mass is 435 g/mol. The van der Waals surface area contributed by atoms with Crippen molar-refractivity contribution in [3.63, 3.8) is 0 Å². The van der Waals surface area contributed by atoms with Crippen molar-refractivity contribution in [2.45, 2.75) is 21.5 Å². The number of anilines is 2. The van der Waals surface area contributed by atoms with Crippen LogP contribution in [0.1, 0.15) is 6.42 Å². The third-order valence-corrected chi connectivity index (χ3v) is 6.40. The third kappa shape index (κ3) is 5.21. The summed E-state index contributed by atoms with van der Waals surface area (Å²) in [5.41, 5.74) is 1.28. The lowest BCUT2D eigenvalue weighted by Crippen LogP contribution is -2.32. The number of fused-ring (bicyclic) bond motifs is 1. The molecular weight excluding hydrogens is 418 g/mol. The average molecular weight is 436 g/mol. The predicted octanol–water partition coefficient (Wildman–Crippen LogP) is 4.56. The first-order valence-corrected chi connectivity index (χ1v) is 10.5. The second-order valence-electron chi connectivity index (χ2n) is 6.28. The van der Waals surface area contributed by atoms with Crippen LogP contribution in [-0.4, -0.2) is 41.3 Å². The second kappa shape index (κ2) is 8.89. The largest absolute Gasteiger partial charge is 0.339 e. The van der Waals surface area contributed by atoms with Crippen LogP contribution in [0.15, 0.2) is 52.3 Å². The van der Waals surface area contributed by atoms with Gasteiger partial charge in [0.2, 0.25) is 11.8 Å². The van der Waals surface area contributed by atoms with Crippen molar-refractivity contribution in [3.05, 3.63) is 47.5 Å². The molecule has 1 atom stereocenters. The number of carbonyl (C=O) groups is 3. The third-order valence-electron chi connectivity index (χ3n) is 3.84. The van der Waals surface area contributed by atoms with Crippen LogP contribution in [0.25, 0.3) is 0 Å². The maximum Gasteiger partial charge on any atom is 0.285 e. The standard InChI is InChI=1S/C19H18ClN3O3S2/c1-23(2)19(26)27-13-6-4-12(5-7-13)21-17(24)10-16-18(25)22-14-9-11(20)3-8-15(14)28-16/h3-9,16H,10H2,1-2H3,(H,21,24)(H,22,25). The topological polar surface area (TPSA) is 78.5 Å². The summed E-state index contributed by atoms with van der Waals surface area (Å²) in [6, 6.07) is 12.3. The van der Waals surface area contributed by atoms with Crippen molar-refractivity contribution in [2.24, 2.45) is 0 Å². The summed E-state index contributed by atoms with van der Waals surface area (Å²) in [4.78, 5) is 39.5. The predicted molar refractivity (Wildman–Crippen MR) is 114 cm³/mol. The Morgan fingerprint density at radius 3 is 2.61 bits per heavy atom. The minimum atomic E-state index is -0.513. The van der Waals surface area contributed by atoms with Crippen molar-refractivity contribution in [1.29, 1.82) is 0 Å². The van der Waals surface area contributed by atoms with Gasteiger partial charge in [0, 0.05) is 41.0 Å². The van der Waals surface area contributed by atoms with E-state index in [0.29, 0.717) is 16.4 Å². The highest BCUT2D eigenvalue weighted by atomic mass is 35.5. The lowest BCUT2D eigenvalue weighted by Gasteiger charge is -2.23. The van der Waals surface area contributed by atoms with Gasteiger partial charge in [0.1, 0.15) is 0 Å². The molecule has 3 rings (SSSR count). The number of rotatable bonds is 4. The van der Waals surface area contributed by atoms with Crippen LogP contribution in [0.5, 0.6) is 0 Å². The smallest absolute Gasteiger partial charge is 0.285 e. The molecule has 0 radical (unpaired) electrons. The van der Waals surface area contributed by atoms with Crippen LogP contribution < -0.4 is 10.6 Å². The number of amides is 3. The van der Waals surface area contributed by atoms with Crippen LogP contribution in [0.4, 0.5) is 16.2 Å². The summed E-state index contributed by atoms with van der Waals surface area (Å²) < 4.78 is 0. The zero-order valence-corrected chi connectivity index (χ0v) is 17.6. The molecule has 1 unspecified atom stereocenters. The molecule has 0 bridgehead atoms. The van der Waals surface area contributed by atoms with Gasteiger partial charge in [0.15, 0.2) is 0 Å². The lowest BCUT2D eigenvalue weighted by atomic mass is 10.2. The van der Waals surface area contributed by atoms with Crippen LogP contribution in [-0.2, 0) is 9.59 Å². The Bertz CT molecular complexity index is 919. The Labute approximate surface area is 176 Å². The summed E-state index contributed by atoms with van der Waals surface area (Å²) in [7, 11) is 3.38. The molecule has 0 saturated carbocycles. The number of thioether (sulfide) groups is 2. The maximum absolute atomic E-state index is 12.4. The van der Waals surface area contributed by atoms with Gasteiger partial charge in [-0.3, -0.25) is 14.4 Å². The molecule has 3 amide bonds. The van der Waals surface area contributed by atoms with Crippen molar-refractivity contribution < 1.29 is 14.4 Å². The van der Waals surface area contributed by atoms with Crippen LogP contribution in [0, 0.1) is 0 Å². The molecule has 0 aliphatic carbocycles. The average Bonchev–Trinajstić information content (AvgIpc) is 2.64. The molecule has 2 aromatic carbocycles. The Balaban J connectivity index is 1.57. The van der Waals surface area contributed by atoms with Crippen LogP contribution in [0.3, 0.4) is 0 Å². The molecule has 1 heterocycles. The van der Waals surface area contributed by atoms with Gasteiger partial charge in [0.25, 0.3) is 5.24 Å². The fourth-order valence-corrected chi connectivity index (χ4v) is 4.36. The van der Waals surface area contributed by atoms with E-state index in [0.717, 1.165) is 21.6 Å². The summed E-state index contributed by atoms with van der Waals surface area (Å²) >= 11 is 8.40. The summed E-state index contributed by atoms with van der Waals surface area (Å²) in [6.07, 6.45) is 0.0498. The van der Waals surface area contributed by atoms with Crippen LogP contribution in [0.2, 0.25) is 5.02 Å². The van der Waals surface area contributed by atoms with Crippen molar-refractivity contribution in [2.75, 3.05) is 24.7 Å². The zero-order chi connectivity index (χ0) is 20.3. The van der Waals surface area contributed by atoms with Crippen molar-refractivity contribution >= 4 is 63.6 Å². The van der Waals surface area contributed by atoms with Gasteiger partial charge in [0.05, 0.1) is 10.9 Å². The van der Waals surface area contributed by atoms with Gasteiger partial charge in [-0.05, 0) is 54.2 Å². The number of halogens is 1. The fourth-order valence-electron chi connectivity index (χ4n) is 2.44.